The normalized spacial score (nSPS) is 16.0. The molecule has 0 bridgehead atoms. The Kier molecular flexibility index (Phi) is 7.86. The van der Waals surface area contributed by atoms with Crippen molar-refractivity contribution in [1.29, 1.82) is 0 Å². The second kappa shape index (κ2) is 9.14. The van der Waals surface area contributed by atoms with E-state index in [-0.39, 0.29) is 30.9 Å². The monoisotopic (exact) mass is 354 g/mol. The van der Waals surface area contributed by atoms with Crippen LogP contribution in [0.25, 0.3) is 10.8 Å². The molecule has 1 N–H and O–H groups in total. The van der Waals surface area contributed by atoms with Crippen molar-refractivity contribution in [2.24, 2.45) is 0 Å². The second-order valence-electron chi connectivity index (χ2n) is 5.37. The number of rotatable bonds is 4. The Hall–Kier alpha value is -1.26. The van der Waals surface area contributed by atoms with Crippen LogP contribution < -0.4 is 10.1 Å². The summed E-state index contributed by atoms with van der Waals surface area (Å²) in [5, 5.41) is 5.90. The Labute approximate surface area is 150 Å². The summed E-state index contributed by atoms with van der Waals surface area (Å²) < 4.78 is 5.64. The highest BCUT2D eigenvalue weighted by atomic mass is 35.5. The number of nitrogens with zero attached hydrogens (tertiary/aromatic N) is 1. The van der Waals surface area contributed by atoms with Gasteiger partial charge >= 0.3 is 0 Å². The van der Waals surface area contributed by atoms with Crippen LogP contribution in [0.5, 0.6) is 5.75 Å². The number of piperazine rings is 1. The summed E-state index contributed by atoms with van der Waals surface area (Å²) >= 11 is 0. The minimum absolute atomic E-state index is 0. The van der Waals surface area contributed by atoms with Crippen LogP contribution in [0, 0.1) is 0 Å². The van der Waals surface area contributed by atoms with Gasteiger partial charge in [-0.15, -0.1) is 31.4 Å². The molecule has 2 aromatic rings. The van der Waals surface area contributed by atoms with E-state index in [1.54, 1.807) is 7.11 Å². The van der Waals surface area contributed by atoms with E-state index in [2.05, 4.69) is 53.2 Å². The molecular weight excluding hydrogens is 331 g/mol. The third-order valence-corrected chi connectivity index (χ3v) is 4.21. The van der Waals surface area contributed by atoms with Gasteiger partial charge in [-0.05, 0) is 16.8 Å². The Balaban J connectivity index is 0.00000132. The zero-order valence-electron chi connectivity index (χ0n) is 13.3. The number of nitrogens with one attached hydrogen (secondary N) is 1. The topological polar surface area (TPSA) is 24.5 Å². The minimum atomic E-state index is 0. The highest BCUT2D eigenvalue weighted by molar-refractivity contribution is 5.88. The number of methoxy groups -OCH3 is 1. The average Bonchev–Trinajstić information content (AvgIpc) is 2.56. The summed E-state index contributed by atoms with van der Waals surface area (Å²) in [6.45, 7) is 8.19. The first-order chi connectivity index (χ1) is 10.3. The van der Waals surface area contributed by atoms with Crippen molar-refractivity contribution in [3.63, 3.8) is 0 Å². The molecule has 0 amide bonds. The van der Waals surface area contributed by atoms with Crippen molar-refractivity contribution in [2.75, 3.05) is 33.3 Å². The lowest BCUT2D eigenvalue weighted by atomic mass is 9.96. The van der Waals surface area contributed by atoms with Crippen molar-refractivity contribution in [3.05, 3.63) is 54.6 Å². The summed E-state index contributed by atoms with van der Waals surface area (Å²) in [5.41, 5.74) is 1.23. The second-order valence-corrected chi connectivity index (χ2v) is 5.37. The highest BCUT2D eigenvalue weighted by Crippen LogP contribution is 2.36. The zero-order chi connectivity index (χ0) is 14.7. The fourth-order valence-corrected chi connectivity index (χ4v) is 3.17. The smallest absolute Gasteiger partial charge is 0.124 e. The van der Waals surface area contributed by atoms with E-state index >= 15 is 0 Å². The van der Waals surface area contributed by atoms with Crippen LogP contribution in [0.2, 0.25) is 0 Å². The van der Waals surface area contributed by atoms with Gasteiger partial charge in [-0.1, -0.05) is 36.4 Å². The van der Waals surface area contributed by atoms with Gasteiger partial charge in [0.15, 0.2) is 0 Å². The zero-order valence-corrected chi connectivity index (χ0v) is 15.0. The van der Waals surface area contributed by atoms with Crippen molar-refractivity contribution in [2.45, 2.75) is 6.04 Å². The minimum Gasteiger partial charge on any atom is -0.496 e. The van der Waals surface area contributed by atoms with Gasteiger partial charge in [0, 0.05) is 31.7 Å². The molecule has 0 spiro atoms. The van der Waals surface area contributed by atoms with E-state index in [4.69, 9.17) is 4.74 Å². The lowest BCUT2D eigenvalue weighted by molar-refractivity contribution is 0.201. The first kappa shape index (κ1) is 19.8. The first-order valence-corrected chi connectivity index (χ1v) is 7.48. The van der Waals surface area contributed by atoms with Crippen molar-refractivity contribution in [3.8, 4) is 5.75 Å². The van der Waals surface area contributed by atoms with Crippen molar-refractivity contribution < 1.29 is 4.74 Å². The maximum atomic E-state index is 5.64. The SMILES string of the molecule is C=C[C@@H](c1c(OC)ccc2ccccc12)N1CCNCC1.Cl.Cl. The largest absolute Gasteiger partial charge is 0.496 e. The molecule has 1 aliphatic rings. The van der Waals surface area contributed by atoms with Gasteiger partial charge < -0.3 is 10.1 Å². The molecule has 0 radical (unpaired) electrons. The molecule has 3 nitrogen and oxygen atoms in total. The first-order valence-electron chi connectivity index (χ1n) is 7.48. The van der Waals surface area contributed by atoms with E-state index in [1.165, 1.54) is 16.3 Å². The lowest BCUT2D eigenvalue weighted by Crippen LogP contribution is -2.44. The number of hydrogen-bond acceptors (Lipinski definition) is 3. The molecule has 0 aliphatic carbocycles. The summed E-state index contributed by atoms with van der Waals surface area (Å²) in [7, 11) is 1.74. The van der Waals surface area contributed by atoms with E-state index in [1.807, 2.05) is 6.08 Å². The van der Waals surface area contributed by atoms with Gasteiger partial charge in [-0.3, -0.25) is 4.90 Å². The third kappa shape index (κ3) is 3.99. The predicted molar refractivity (Wildman–Crippen MR) is 102 cm³/mol. The molecule has 126 valence electrons. The fourth-order valence-electron chi connectivity index (χ4n) is 3.17. The van der Waals surface area contributed by atoms with Crippen LogP contribution in [0.3, 0.4) is 0 Å². The third-order valence-electron chi connectivity index (χ3n) is 4.21. The molecule has 2 aromatic carbocycles. The van der Waals surface area contributed by atoms with E-state index < -0.39 is 0 Å². The van der Waals surface area contributed by atoms with Gasteiger partial charge in [0.05, 0.1) is 13.2 Å². The van der Waals surface area contributed by atoms with Crippen LogP contribution in [0.4, 0.5) is 0 Å². The van der Waals surface area contributed by atoms with E-state index in [0.29, 0.717) is 0 Å². The highest BCUT2D eigenvalue weighted by Gasteiger charge is 2.24. The van der Waals surface area contributed by atoms with Gasteiger partial charge in [0.1, 0.15) is 5.75 Å². The molecule has 0 aromatic heterocycles. The Morgan fingerprint density at radius 3 is 2.48 bits per heavy atom. The standard InChI is InChI=1S/C18H22N2O.2ClH/c1-3-16(20-12-10-19-11-13-20)18-15-7-5-4-6-14(15)8-9-17(18)21-2;;/h3-9,16,19H,1,10-13H2,2H3;2*1H/t16-;;/m0../s1. The van der Waals surface area contributed by atoms with E-state index in [0.717, 1.165) is 31.9 Å². The average molecular weight is 355 g/mol. The van der Waals surface area contributed by atoms with E-state index in [9.17, 15) is 0 Å². The summed E-state index contributed by atoms with van der Waals surface area (Å²) in [6.07, 6.45) is 2.04. The Morgan fingerprint density at radius 1 is 1.13 bits per heavy atom. The maximum absolute atomic E-state index is 5.64. The number of halogens is 2. The molecule has 1 heterocycles. The molecule has 0 saturated carbocycles. The lowest BCUT2D eigenvalue weighted by Gasteiger charge is -2.34. The summed E-state index contributed by atoms with van der Waals surface area (Å²) in [4.78, 5) is 2.47. The molecule has 1 atom stereocenters. The molecule has 1 fully saturated rings. The quantitative estimate of drug-likeness (QED) is 0.844. The predicted octanol–water partition coefficient (Wildman–Crippen LogP) is 3.82. The maximum Gasteiger partial charge on any atom is 0.124 e. The van der Waals surface area contributed by atoms with Crippen molar-refractivity contribution in [1.82, 2.24) is 10.2 Å². The molecule has 0 unspecified atom stereocenters. The number of hydrogen-bond donors (Lipinski definition) is 1. The van der Waals surface area contributed by atoms with Crippen LogP contribution in [0.1, 0.15) is 11.6 Å². The summed E-state index contributed by atoms with van der Waals surface area (Å²) in [6, 6.07) is 12.9. The van der Waals surface area contributed by atoms with Gasteiger partial charge in [-0.2, -0.15) is 0 Å². The van der Waals surface area contributed by atoms with Gasteiger partial charge in [0.2, 0.25) is 0 Å². The van der Waals surface area contributed by atoms with Crippen molar-refractivity contribution >= 4 is 35.6 Å². The van der Waals surface area contributed by atoms with Gasteiger partial charge in [-0.25, -0.2) is 0 Å². The Bertz CT molecular complexity index is 642. The number of benzene rings is 2. The molecule has 23 heavy (non-hydrogen) atoms. The summed E-state index contributed by atoms with van der Waals surface area (Å²) in [5.74, 6) is 0.942. The number of ether oxygens (including phenoxy) is 1. The molecule has 1 aliphatic heterocycles. The molecule has 5 heteroatoms. The molecule has 3 rings (SSSR count). The van der Waals surface area contributed by atoms with Crippen LogP contribution in [0.15, 0.2) is 49.1 Å². The Morgan fingerprint density at radius 2 is 1.83 bits per heavy atom. The molecular formula is C18H24Cl2N2O. The molecule has 1 saturated heterocycles. The van der Waals surface area contributed by atoms with Crippen LogP contribution in [-0.2, 0) is 0 Å². The van der Waals surface area contributed by atoms with Crippen LogP contribution in [-0.4, -0.2) is 38.2 Å². The van der Waals surface area contributed by atoms with Crippen LogP contribution >= 0.6 is 24.8 Å². The fraction of sp³-hybridized carbons (Fsp3) is 0.333. The van der Waals surface area contributed by atoms with Gasteiger partial charge in [0.25, 0.3) is 0 Å². The number of fused-ring (bicyclic) bond motifs is 1.